The summed E-state index contributed by atoms with van der Waals surface area (Å²) < 4.78 is 35.7. The van der Waals surface area contributed by atoms with Gasteiger partial charge in [-0.15, -0.1) is 5.92 Å². The highest BCUT2D eigenvalue weighted by Crippen LogP contribution is 2.09. The number of rotatable bonds is 4. The molecule has 0 saturated heterocycles. The highest BCUT2D eigenvalue weighted by Gasteiger charge is 2.17. The Bertz CT molecular complexity index is 395. The van der Waals surface area contributed by atoms with Crippen molar-refractivity contribution in [1.82, 2.24) is 0 Å². The van der Waals surface area contributed by atoms with Gasteiger partial charge in [0.25, 0.3) is 0 Å². The van der Waals surface area contributed by atoms with Crippen molar-refractivity contribution in [3.63, 3.8) is 0 Å². The maximum Gasteiger partial charge on any atom is 0.558 e. The fourth-order valence-electron chi connectivity index (χ4n) is 1.50. The van der Waals surface area contributed by atoms with Crippen molar-refractivity contribution >= 4 is 6.98 Å². The van der Waals surface area contributed by atoms with Crippen molar-refractivity contribution in [2.45, 2.75) is 32.6 Å². The van der Waals surface area contributed by atoms with Gasteiger partial charge in [0.1, 0.15) is 0 Å². The second-order valence-electron chi connectivity index (χ2n) is 4.00. The van der Waals surface area contributed by atoms with E-state index in [1.54, 1.807) is 12.1 Å². The van der Waals surface area contributed by atoms with E-state index in [9.17, 15) is 12.9 Å². The molecule has 0 atom stereocenters. The Labute approximate surface area is 100 Å². The fraction of sp³-hybridized carbons (Fsp3) is 0.385. The Morgan fingerprint density at radius 1 is 1.06 bits per heavy atom. The van der Waals surface area contributed by atoms with E-state index in [0.717, 1.165) is 24.8 Å². The number of hydrogen-bond acceptors (Lipinski definition) is 0. The number of aryl methyl sites for hydroxylation is 1. The highest BCUT2D eigenvalue weighted by molar-refractivity contribution is 6.67. The molecule has 17 heavy (non-hydrogen) atoms. The van der Waals surface area contributed by atoms with E-state index in [0.29, 0.717) is 5.56 Å². The molecule has 0 bridgehead atoms. The molecule has 0 aliphatic carbocycles. The normalized spacial score (nSPS) is 10.8. The lowest BCUT2D eigenvalue weighted by molar-refractivity contribution is 0.504. The first kappa shape index (κ1) is 13.7. The number of benzene rings is 1. The van der Waals surface area contributed by atoms with Crippen molar-refractivity contribution in [3.05, 3.63) is 35.4 Å². The van der Waals surface area contributed by atoms with Gasteiger partial charge in [0.05, 0.1) is 0 Å². The molecule has 0 fully saturated rings. The Kier molecular flexibility index (Phi) is 5.15. The zero-order valence-corrected chi connectivity index (χ0v) is 9.85. The van der Waals surface area contributed by atoms with Gasteiger partial charge in [-0.2, -0.15) is 5.82 Å². The van der Waals surface area contributed by atoms with Crippen LogP contribution >= 0.6 is 0 Å². The summed E-state index contributed by atoms with van der Waals surface area (Å²) in [4.78, 5) is 0. The quantitative estimate of drug-likeness (QED) is 0.420. The largest absolute Gasteiger partial charge is 0.558 e. The summed E-state index contributed by atoms with van der Waals surface area (Å²) in [5, 5.41) is 0. The number of halogens is 3. The molecule has 0 N–H and O–H groups in total. The third-order valence-electron chi connectivity index (χ3n) is 2.40. The van der Waals surface area contributed by atoms with Crippen LogP contribution in [0.2, 0.25) is 0 Å². The average molecular weight is 239 g/mol. The summed E-state index contributed by atoms with van der Waals surface area (Å²) in [7, 11) is 0. The van der Waals surface area contributed by atoms with Crippen LogP contribution in [0.25, 0.3) is 0 Å². The van der Waals surface area contributed by atoms with Crippen LogP contribution in [0.1, 0.15) is 37.3 Å². The Balaban J connectivity index is 2.58. The smallest absolute Gasteiger partial charge is 0.438 e. The molecule has 0 unspecified atom stereocenters. The van der Waals surface area contributed by atoms with Gasteiger partial charge in [0.15, 0.2) is 0 Å². The van der Waals surface area contributed by atoms with E-state index in [4.69, 9.17) is 0 Å². The molecule has 0 spiro atoms. The minimum Gasteiger partial charge on any atom is -0.438 e. The second kappa shape index (κ2) is 6.39. The molecule has 1 aromatic carbocycles. The topological polar surface area (TPSA) is 0 Å². The van der Waals surface area contributed by atoms with E-state index in [-0.39, 0.29) is 0 Å². The predicted molar refractivity (Wildman–Crippen MR) is 65.6 cm³/mol. The summed E-state index contributed by atoms with van der Waals surface area (Å²) in [6.07, 6.45) is 4.44. The summed E-state index contributed by atoms with van der Waals surface area (Å²) in [5.74, 6) is 3.45. The minimum atomic E-state index is -5.01. The molecule has 0 aromatic heterocycles. The van der Waals surface area contributed by atoms with Gasteiger partial charge in [-0.3, -0.25) is 0 Å². The molecular weight excluding hydrogens is 224 g/mol. The van der Waals surface area contributed by atoms with Gasteiger partial charge in [0, 0.05) is 5.56 Å². The van der Waals surface area contributed by atoms with Crippen molar-refractivity contribution in [2.24, 2.45) is 0 Å². The third kappa shape index (κ3) is 6.06. The van der Waals surface area contributed by atoms with Crippen LogP contribution in [0, 0.1) is 11.7 Å². The maximum absolute atomic E-state index is 11.9. The Hall–Kier alpha value is -1.37. The molecule has 0 nitrogen and oxygen atoms in total. The van der Waals surface area contributed by atoms with Gasteiger partial charge in [-0.05, 0) is 30.5 Å². The van der Waals surface area contributed by atoms with E-state index in [1.807, 2.05) is 12.1 Å². The Morgan fingerprint density at radius 2 is 1.71 bits per heavy atom. The van der Waals surface area contributed by atoms with Crippen molar-refractivity contribution in [1.29, 1.82) is 0 Å². The summed E-state index contributed by atoms with van der Waals surface area (Å²) in [6, 6.07) is 7.00. The molecule has 4 heteroatoms. The van der Waals surface area contributed by atoms with Crippen molar-refractivity contribution in [2.75, 3.05) is 0 Å². The SMILES string of the molecule is CCCCCc1ccc(C#C[B-](F)(F)F)cc1. The first-order valence-electron chi connectivity index (χ1n) is 5.83. The zero-order valence-electron chi connectivity index (χ0n) is 9.85. The minimum absolute atomic E-state index is 0.420. The van der Waals surface area contributed by atoms with E-state index >= 15 is 0 Å². The lowest BCUT2D eigenvalue weighted by Crippen LogP contribution is -2.10. The van der Waals surface area contributed by atoms with Gasteiger partial charge in [0.2, 0.25) is 0 Å². The molecule has 0 aliphatic rings. The molecular formula is C13H15BF3-. The van der Waals surface area contributed by atoms with Gasteiger partial charge < -0.3 is 12.9 Å². The standard InChI is InChI=1S/C13H15BF3/c1-2-3-4-5-12-6-8-13(9-7-12)10-11-14(15,16)17/h6-9H,2-5H2,1H3/q-1. The first-order chi connectivity index (χ1) is 8.01. The maximum atomic E-state index is 11.9. The third-order valence-corrected chi connectivity index (χ3v) is 2.40. The summed E-state index contributed by atoms with van der Waals surface area (Å²) in [6.45, 7) is -2.88. The van der Waals surface area contributed by atoms with E-state index < -0.39 is 6.98 Å². The predicted octanol–water partition coefficient (Wildman–Crippen LogP) is 4.16. The zero-order chi connectivity index (χ0) is 12.7. The monoisotopic (exact) mass is 239 g/mol. The van der Waals surface area contributed by atoms with Crippen LogP contribution < -0.4 is 0 Å². The van der Waals surface area contributed by atoms with E-state index in [2.05, 4.69) is 12.8 Å². The average Bonchev–Trinajstić information content (AvgIpc) is 2.27. The van der Waals surface area contributed by atoms with Crippen molar-refractivity contribution in [3.8, 4) is 11.7 Å². The molecule has 0 heterocycles. The summed E-state index contributed by atoms with van der Waals surface area (Å²) >= 11 is 0. The van der Waals surface area contributed by atoms with Crippen LogP contribution in [0.3, 0.4) is 0 Å². The molecule has 1 rings (SSSR count). The molecule has 1 aromatic rings. The van der Waals surface area contributed by atoms with Crippen LogP contribution in [-0.4, -0.2) is 6.98 Å². The Morgan fingerprint density at radius 3 is 2.24 bits per heavy atom. The fourth-order valence-corrected chi connectivity index (χ4v) is 1.50. The number of hydrogen-bond donors (Lipinski definition) is 0. The molecule has 92 valence electrons. The van der Waals surface area contributed by atoms with Crippen LogP contribution in [0.5, 0.6) is 0 Å². The van der Waals surface area contributed by atoms with Gasteiger partial charge in [-0.1, -0.05) is 31.9 Å². The molecule has 0 aliphatic heterocycles. The second-order valence-corrected chi connectivity index (χ2v) is 4.00. The molecule has 0 radical (unpaired) electrons. The lowest BCUT2D eigenvalue weighted by atomic mass is 9.93. The van der Waals surface area contributed by atoms with E-state index in [1.165, 1.54) is 12.2 Å². The highest BCUT2D eigenvalue weighted by atomic mass is 19.4. The van der Waals surface area contributed by atoms with Crippen molar-refractivity contribution < 1.29 is 12.9 Å². The van der Waals surface area contributed by atoms with Gasteiger partial charge in [-0.25, -0.2) is 0 Å². The van der Waals surface area contributed by atoms with Gasteiger partial charge >= 0.3 is 6.98 Å². The molecule has 0 amide bonds. The lowest BCUT2D eigenvalue weighted by Gasteiger charge is -2.03. The van der Waals surface area contributed by atoms with Crippen LogP contribution in [0.4, 0.5) is 12.9 Å². The van der Waals surface area contributed by atoms with Crippen LogP contribution in [0.15, 0.2) is 24.3 Å². The molecule has 0 saturated carbocycles. The first-order valence-corrected chi connectivity index (χ1v) is 5.83. The number of unbranched alkanes of at least 4 members (excludes halogenated alkanes) is 2. The summed E-state index contributed by atoms with van der Waals surface area (Å²) in [5.41, 5.74) is 1.57. The van der Waals surface area contributed by atoms with Crippen LogP contribution in [-0.2, 0) is 6.42 Å².